The molecule has 1 aliphatic heterocycles. The van der Waals surface area contributed by atoms with Gasteiger partial charge in [0.05, 0.1) is 28.4 Å². The number of urea groups is 1. The number of sulfonamides is 1. The van der Waals surface area contributed by atoms with E-state index in [1.54, 1.807) is 29.0 Å². The number of carbonyl (C=O) groups excluding carboxylic acids is 2. The van der Waals surface area contributed by atoms with Crippen LogP contribution in [0.2, 0.25) is 5.02 Å². The number of rotatable bonds is 7. The summed E-state index contributed by atoms with van der Waals surface area (Å²) >= 11 is 5.96. The van der Waals surface area contributed by atoms with Gasteiger partial charge in [0.2, 0.25) is 10.0 Å². The number of halogens is 2. The number of nitrogens with one attached hydrogen (secondary N) is 3. The van der Waals surface area contributed by atoms with Crippen LogP contribution in [0.3, 0.4) is 0 Å². The van der Waals surface area contributed by atoms with Gasteiger partial charge in [-0.2, -0.15) is 0 Å². The summed E-state index contributed by atoms with van der Waals surface area (Å²) in [6.45, 7) is 1.49. The lowest BCUT2D eigenvalue weighted by Gasteiger charge is -2.28. The lowest BCUT2D eigenvalue weighted by molar-refractivity contribution is 0.0941. The summed E-state index contributed by atoms with van der Waals surface area (Å²) in [4.78, 5) is 33.0. The molecule has 4 rings (SSSR count). The topological polar surface area (TPSA) is 125 Å². The molecule has 1 aromatic heterocycles. The van der Waals surface area contributed by atoms with Crippen LogP contribution in [0.1, 0.15) is 48.9 Å². The predicted molar refractivity (Wildman–Crippen MR) is 133 cm³/mol. The van der Waals surface area contributed by atoms with Crippen molar-refractivity contribution >= 4 is 33.6 Å². The van der Waals surface area contributed by atoms with Crippen LogP contribution < -0.4 is 15.6 Å². The summed E-state index contributed by atoms with van der Waals surface area (Å²) < 4.78 is 41.4. The van der Waals surface area contributed by atoms with Gasteiger partial charge in [-0.3, -0.25) is 10.2 Å². The highest BCUT2D eigenvalue weighted by Crippen LogP contribution is 2.28. The molecular weight excluding hydrogens is 511 g/mol. The van der Waals surface area contributed by atoms with Crippen LogP contribution in [0.4, 0.5) is 9.18 Å². The molecule has 36 heavy (non-hydrogen) atoms. The summed E-state index contributed by atoms with van der Waals surface area (Å²) in [5, 5.41) is 2.73. The van der Waals surface area contributed by atoms with Gasteiger partial charge in [0.1, 0.15) is 0 Å². The van der Waals surface area contributed by atoms with Gasteiger partial charge in [-0.05, 0) is 56.6 Å². The monoisotopic (exact) mass is 540 g/mol. The number of carbonyl (C=O) groups is 2. The number of nitrogens with zero attached hydrogens (tertiary/aromatic N) is 3. The zero-order valence-electron chi connectivity index (χ0n) is 20.0. The first-order valence-electron chi connectivity index (χ1n) is 11.9. The number of piperidine rings is 1. The first-order valence-corrected chi connectivity index (χ1v) is 14.0. The number of hydrogen-bond donors (Lipinski definition) is 3. The van der Waals surface area contributed by atoms with Crippen LogP contribution >= 0.6 is 11.6 Å². The van der Waals surface area contributed by atoms with Gasteiger partial charge in [-0.1, -0.05) is 11.6 Å². The van der Waals surface area contributed by atoms with Crippen molar-refractivity contribution in [2.24, 2.45) is 13.0 Å². The average Bonchev–Trinajstić information content (AvgIpc) is 3.48. The number of hydrogen-bond acceptors (Lipinski definition) is 5. The lowest BCUT2D eigenvalue weighted by atomic mass is 10.1. The van der Waals surface area contributed by atoms with E-state index in [0.717, 1.165) is 32.4 Å². The van der Waals surface area contributed by atoms with Gasteiger partial charge in [0.15, 0.2) is 5.82 Å². The molecule has 2 heterocycles. The van der Waals surface area contributed by atoms with Crippen LogP contribution in [0, 0.1) is 11.7 Å². The third kappa shape index (κ3) is 6.54. The molecule has 2 unspecified atom stereocenters. The Morgan fingerprint density at radius 1 is 1.19 bits per heavy atom. The number of benzene rings is 1. The quantitative estimate of drug-likeness (QED) is 0.466. The molecule has 1 saturated carbocycles. The van der Waals surface area contributed by atoms with E-state index in [1.807, 2.05) is 4.83 Å². The summed E-state index contributed by atoms with van der Waals surface area (Å²) in [6, 6.07) is 2.43. The molecule has 1 aromatic carbocycles. The van der Waals surface area contributed by atoms with E-state index in [0.29, 0.717) is 30.5 Å². The van der Waals surface area contributed by atoms with Gasteiger partial charge in [0, 0.05) is 37.9 Å². The predicted octanol–water partition coefficient (Wildman–Crippen LogP) is 2.81. The maximum atomic E-state index is 14.5. The highest BCUT2D eigenvalue weighted by molar-refractivity contribution is 7.89. The van der Waals surface area contributed by atoms with Crippen molar-refractivity contribution in [3.63, 3.8) is 0 Å². The van der Waals surface area contributed by atoms with Crippen LogP contribution in [0.5, 0.6) is 0 Å². The fourth-order valence-corrected chi connectivity index (χ4v) is 6.20. The average molecular weight is 541 g/mol. The minimum absolute atomic E-state index is 0.0835. The number of aryl methyl sites for hydroxylation is 1. The van der Waals surface area contributed by atoms with Crippen molar-refractivity contribution in [2.45, 2.75) is 44.6 Å². The fraction of sp³-hybridized carbons (Fsp3) is 0.522. The van der Waals surface area contributed by atoms with Crippen LogP contribution in [0.25, 0.3) is 11.3 Å². The number of amides is 3. The van der Waals surface area contributed by atoms with E-state index in [4.69, 9.17) is 11.6 Å². The summed E-state index contributed by atoms with van der Waals surface area (Å²) in [7, 11) is -2.14. The molecule has 0 radical (unpaired) electrons. The first-order chi connectivity index (χ1) is 17.1. The van der Waals surface area contributed by atoms with Gasteiger partial charge in [-0.15, -0.1) is 4.83 Å². The minimum Gasteiger partial charge on any atom is -0.340 e. The summed E-state index contributed by atoms with van der Waals surface area (Å²) in [6.07, 6.45) is 8.22. The van der Waals surface area contributed by atoms with Crippen molar-refractivity contribution in [1.29, 1.82) is 0 Å². The van der Waals surface area contributed by atoms with E-state index in [1.165, 1.54) is 12.1 Å². The van der Waals surface area contributed by atoms with Gasteiger partial charge in [-0.25, -0.2) is 22.6 Å². The zero-order valence-corrected chi connectivity index (χ0v) is 21.5. The Hall–Kier alpha value is -2.70. The molecule has 2 aromatic rings. The molecule has 0 spiro atoms. The SMILES string of the molecule is Cn1cnc(-c2cc(Cl)c(F)c(C(=O)NNS(=O)(=O)CC3CCC(NC(=O)N4CCCCC4)C3)c2)c1. The van der Waals surface area contributed by atoms with E-state index < -0.39 is 27.3 Å². The number of likely N-dealkylation sites (tertiary alicyclic amines) is 1. The van der Waals surface area contributed by atoms with Crippen molar-refractivity contribution in [3.8, 4) is 11.3 Å². The third-order valence-corrected chi connectivity index (χ3v) is 8.16. The smallest absolute Gasteiger partial charge is 0.317 e. The summed E-state index contributed by atoms with van der Waals surface area (Å²) in [5.74, 6) is -2.34. The summed E-state index contributed by atoms with van der Waals surface area (Å²) in [5.41, 5.74) is 2.56. The molecule has 196 valence electrons. The molecule has 3 amide bonds. The minimum atomic E-state index is -3.90. The molecular formula is C23H30ClFN6O4S. The molecule has 2 fully saturated rings. The van der Waals surface area contributed by atoms with Crippen molar-refractivity contribution in [2.75, 3.05) is 18.8 Å². The molecule has 3 N–H and O–H groups in total. The van der Waals surface area contributed by atoms with Crippen LogP contribution in [0.15, 0.2) is 24.7 Å². The zero-order chi connectivity index (χ0) is 25.9. The largest absolute Gasteiger partial charge is 0.340 e. The highest BCUT2D eigenvalue weighted by atomic mass is 35.5. The molecule has 10 nitrogen and oxygen atoms in total. The van der Waals surface area contributed by atoms with Gasteiger partial charge < -0.3 is 14.8 Å². The van der Waals surface area contributed by atoms with Crippen LogP contribution in [-0.2, 0) is 17.1 Å². The van der Waals surface area contributed by atoms with Crippen molar-refractivity contribution < 1.29 is 22.4 Å². The molecule has 13 heteroatoms. The maximum Gasteiger partial charge on any atom is 0.317 e. The van der Waals surface area contributed by atoms with Gasteiger partial charge in [0.25, 0.3) is 5.91 Å². The highest BCUT2D eigenvalue weighted by Gasteiger charge is 2.31. The van der Waals surface area contributed by atoms with E-state index >= 15 is 0 Å². The van der Waals surface area contributed by atoms with E-state index in [9.17, 15) is 22.4 Å². The maximum absolute atomic E-state index is 14.5. The number of aromatic nitrogens is 2. The van der Waals surface area contributed by atoms with Crippen LogP contribution in [-0.4, -0.2) is 59.7 Å². The first kappa shape index (κ1) is 26.4. The Morgan fingerprint density at radius 2 is 1.94 bits per heavy atom. The lowest BCUT2D eigenvalue weighted by Crippen LogP contribution is -2.46. The number of imidazole rings is 1. The fourth-order valence-electron chi connectivity index (χ4n) is 4.73. The standard InChI is InChI=1S/C23H30ClFN6O4S/c1-30-12-20(26-14-30)16-10-18(21(25)19(24)11-16)22(32)28-29-36(34,35)13-15-5-6-17(9-15)27-23(33)31-7-3-2-4-8-31/h10-12,14-15,17,29H,2-9,13H2,1H3,(H,27,33)(H,28,32). The third-order valence-electron chi connectivity index (χ3n) is 6.56. The Kier molecular flexibility index (Phi) is 8.16. The second-order valence-electron chi connectivity index (χ2n) is 9.45. The van der Waals surface area contributed by atoms with Crippen molar-refractivity contribution in [1.82, 2.24) is 30.0 Å². The number of hydrazine groups is 1. The molecule has 2 atom stereocenters. The Bertz CT molecular complexity index is 1230. The van der Waals surface area contributed by atoms with E-state index in [-0.39, 0.29) is 28.8 Å². The van der Waals surface area contributed by atoms with E-state index in [2.05, 4.69) is 15.7 Å². The molecule has 1 aliphatic carbocycles. The second-order valence-corrected chi connectivity index (χ2v) is 11.6. The molecule has 2 aliphatic rings. The Labute approximate surface area is 214 Å². The Morgan fingerprint density at radius 3 is 2.64 bits per heavy atom. The van der Waals surface area contributed by atoms with Gasteiger partial charge >= 0.3 is 6.03 Å². The van der Waals surface area contributed by atoms with Crippen molar-refractivity contribution in [3.05, 3.63) is 41.1 Å². The Balaban J connectivity index is 1.31. The molecule has 1 saturated heterocycles. The second kappa shape index (κ2) is 11.1. The molecule has 0 bridgehead atoms. The normalized spacial score (nSPS) is 20.4.